The van der Waals surface area contributed by atoms with Gasteiger partial charge in [0.15, 0.2) is 0 Å². The number of hydrogen-bond donors (Lipinski definition) is 4. The first-order valence-electron chi connectivity index (χ1n) is 4.62. The number of quaternary nitrogens is 1. The number of aliphatic carboxylic acids is 1. The molecular formula is C8H19N4O2+. The third-order valence-corrected chi connectivity index (χ3v) is 1.86. The lowest BCUT2D eigenvalue weighted by molar-refractivity contribution is -0.438. The normalized spacial score (nSPS) is 13.5. The van der Waals surface area contributed by atoms with Crippen molar-refractivity contribution >= 4 is 11.9 Å². The smallest absolute Gasteiger partial charge is 0.342 e. The molecule has 0 heterocycles. The van der Waals surface area contributed by atoms with Gasteiger partial charge in [0, 0.05) is 6.42 Å². The monoisotopic (exact) mass is 203 g/mol. The average Bonchev–Trinajstić information content (AvgIpc) is 2.17. The molecule has 0 bridgehead atoms. The number of hydrogen-bond acceptors (Lipinski definition) is 2. The van der Waals surface area contributed by atoms with Gasteiger partial charge in [0.05, 0.1) is 26.6 Å². The summed E-state index contributed by atoms with van der Waals surface area (Å²) in [7, 11) is 3.59. The van der Waals surface area contributed by atoms with Crippen LogP contribution in [0.2, 0.25) is 0 Å². The number of carboxylic acids is 1. The minimum absolute atomic E-state index is 0.524. The van der Waals surface area contributed by atoms with Crippen LogP contribution in [0.4, 0.5) is 0 Å². The van der Waals surface area contributed by atoms with Crippen molar-refractivity contribution < 1.29 is 20.6 Å². The molecule has 0 saturated heterocycles. The van der Waals surface area contributed by atoms with Crippen LogP contribution >= 0.6 is 0 Å². The van der Waals surface area contributed by atoms with Crippen molar-refractivity contribution in [1.82, 2.24) is 10.6 Å². The molecule has 14 heavy (non-hydrogen) atoms. The Labute approximate surface area is 83.6 Å². The van der Waals surface area contributed by atoms with Crippen LogP contribution in [0.5, 0.6) is 0 Å². The maximum absolute atomic E-state index is 10.3. The van der Waals surface area contributed by atoms with Gasteiger partial charge in [0.2, 0.25) is 0 Å². The topological polar surface area (TPSA) is 106 Å². The van der Waals surface area contributed by atoms with E-state index in [-0.39, 0.29) is 0 Å². The van der Waals surface area contributed by atoms with Gasteiger partial charge in [0.1, 0.15) is 6.04 Å². The van der Waals surface area contributed by atoms with Gasteiger partial charge in [-0.05, 0) is 6.42 Å². The largest absolute Gasteiger partial charge is 0.544 e. The van der Waals surface area contributed by atoms with E-state index in [1.807, 2.05) is 0 Å². The summed E-state index contributed by atoms with van der Waals surface area (Å²) in [5.41, 5.74) is 3.47. The van der Waals surface area contributed by atoms with E-state index in [1.54, 1.807) is 14.1 Å². The molecule has 0 aliphatic rings. The van der Waals surface area contributed by atoms with Crippen LogP contribution in [0.1, 0.15) is 12.8 Å². The highest BCUT2D eigenvalue weighted by molar-refractivity contribution is 5.73. The molecule has 0 aromatic heterocycles. The van der Waals surface area contributed by atoms with E-state index in [9.17, 15) is 9.90 Å². The summed E-state index contributed by atoms with van der Waals surface area (Å²) in [6.45, 7) is 0.705. The molecule has 0 rings (SSSR count). The van der Waals surface area contributed by atoms with Crippen LogP contribution in [-0.4, -0.2) is 38.6 Å². The van der Waals surface area contributed by atoms with Crippen molar-refractivity contribution in [3.63, 3.8) is 0 Å². The van der Waals surface area contributed by atoms with Crippen LogP contribution in [-0.2, 0) is 4.79 Å². The van der Waals surface area contributed by atoms with Crippen LogP contribution < -0.4 is 26.5 Å². The van der Waals surface area contributed by atoms with E-state index >= 15 is 0 Å². The zero-order chi connectivity index (χ0) is 11.0. The Kier molecular flexibility index (Phi) is 6.47. The third-order valence-electron chi connectivity index (χ3n) is 1.86. The summed E-state index contributed by atoms with van der Waals surface area (Å²) in [5, 5.41) is 16.3. The molecule has 6 N–H and O–H groups in total. The number of guanidine groups is 1. The number of nitrogens with one attached hydrogen (secondary N) is 3. The molecule has 1 atom stereocenters. The summed E-state index contributed by atoms with van der Waals surface area (Å²) >= 11 is 0. The fourth-order valence-electron chi connectivity index (χ4n) is 0.981. The lowest BCUT2D eigenvalue weighted by Crippen LogP contribution is -2.75. The first kappa shape index (κ1) is 12.7. The highest BCUT2D eigenvalue weighted by atomic mass is 16.4. The van der Waals surface area contributed by atoms with Gasteiger partial charge in [-0.25, -0.2) is 0 Å². The molecule has 82 valence electrons. The summed E-state index contributed by atoms with van der Waals surface area (Å²) in [5.74, 6) is -0.268. The molecule has 6 nitrogen and oxygen atoms in total. The van der Waals surface area contributed by atoms with Gasteiger partial charge in [-0.15, -0.1) is 0 Å². The van der Waals surface area contributed by atoms with E-state index in [0.29, 0.717) is 13.0 Å². The Morgan fingerprint density at radius 1 is 1.64 bits per heavy atom. The zero-order valence-corrected chi connectivity index (χ0v) is 8.72. The predicted octanol–water partition coefficient (Wildman–Crippen LogP) is -5.00. The number of rotatable bonds is 5. The van der Waals surface area contributed by atoms with Gasteiger partial charge in [-0.3, -0.25) is 15.6 Å². The molecule has 0 aromatic rings. The second-order valence-electron chi connectivity index (χ2n) is 2.96. The number of carbonyl (C=O) groups is 1. The van der Waals surface area contributed by atoms with Crippen LogP contribution in [0.15, 0.2) is 0 Å². The van der Waals surface area contributed by atoms with E-state index < -0.39 is 12.0 Å². The highest BCUT2D eigenvalue weighted by Crippen LogP contribution is 1.89. The Hall–Kier alpha value is -1.30. The fourth-order valence-corrected chi connectivity index (χ4v) is 0.981. The second-order valence-corrected chi connectivity index (χ2v) is 2.96. The van der Waals surface area contributed by atoms with Crippen LogP contribution in [0.3, 0.4) is 0 Å². The maximum atomic E-state index is 10.3. The van der Waals surface area contributed by atoms with E-state index in [2.05, 4.69) is 21.4 Å². The van der Waals surface area contributed by atoms with Gasteiger partial charge in [-0.1, -0.05) is 0 Å². The molecule has 0 amide bonds. The molecule has 0 radical (unpaired) electrons. The minimum atomic E-state index is -1.09. The number of carbonyl (C=O) groups excluding carboxylic acids is 1. The van der Waals surface area contributed by atoms with Crippen molar-refractivity contribution in [3.05, 3.63) is 0 Å². The molecule has 0 saturated carbocycles. The lowest BCUT2D eigenvalue weighted by atomic mass is 10.2. The summed E-state index contributed by atoms with van der Waals surface area (Å²) in [4.78, 5) is 13.2. The third kappa shape index (κ3) is 5.36. The standard InChI is InChI=1S/C8H18N4O2/c1-10-8(11-2)12-5-3-4-6(9)7(13)14/h6H,3-5,9H2,1-2H3,(H,13,14)(H2,10,11,12)/p+1/t6-/m0/s1. The first-order valence-corrected chi connectivity index (χ1v) is 4.62. The van der Waals surface area contributed by atoms with Crippen molar-refractivity contribution in [1.29, 1.82) is 0 Å². The highest BCUT2D eigenvalue weighted by Gasteiger charge is 2.07. The second kappa shape index (κ2) is 7.14. The first-order chi connectivity index (χ1) is 6.61. The van der Waals surface area contributed by atoms with Gasteiger partial charge >= 0.3 is 5.96 Å². The SMILES string of the molecule is CNC(NCCC[C@H]([NH3+])C(=O)[O-])=[NH+]C. The van der Waals surface area contributed by atoms with Crippen LogP contribution in [0.25, 0.3) is 0 Å². The fraction of sp³-hybridized carbons (Fsp3) is 0.750. The van der Waals surface area contributed by atoms with Gasteiger partial charge < -0.3 is 15.6 Å². The maximum Gasteiger partial charge on any atom is 0.342 e. The molecule has 0 unspecified atom stereocenters. The van der Waals surface area contributed by atoms with Gasteiger partial charge in [-0.2, -0.15) is 0 Å². The van der Waals surface area contributed by atoms with Crippen molar-refractivity contribution in [3.8, 4) is 0 Å². The van der Waals surface area contributed by atoms with Crippen LogP contribution in [0, 0.1) is 0 Å². The minimum Gasteiger partial charge on any atom is -0.544 e. The summed E-state index contributed by atoms with van der Waals surface area (Å²) < 4.78 is 0. The van der Waals surface area contributed by atoms with Crippen molar-refractivity contribution in [2.45, 2.75) is 18.9 Å². The van der Waals surface area contributed by atoms with E-state index in [4.69, 9.17) is 0 Å². The summed E-state index contributed by atoms with van der Waals surface area (Å²) in [6, 6.07) is -0.621. The Balaban J connectivity index is 3.51. The predicted molar refractivity (Wildman–Crippen MR) is 49.9 cm³/mol. The molecule has 0 spiro atoms. The molecule has 0 aliphatic heterocycles. The molecule has 0 aromatic carbocycles. The van der Waals surface area contributed by atoms with Gasteiger partial charge in [0.25, 0.3) is 0 Å². The average molecular weight is 203 g/mol. The molecule has 6 heteroatoms. The van der Waals surface area contributed by atoms with E-state index in [0.717, 1.165) is 12.4 Å². The molecule has 0 aliphatic carbocycles. The Bertz CT molecular complexity index is 206. The summed E-state index contributed by atoms with van der Waals surface area (Å²) in [6.07, 6.45) is 1.27. The molecule has 0 fully saturated rings. The van der Waals surface area contributed by atoms with Crippen molar-refractivity contribution in [2.24, 2.45) is 0 Å². The zero-order valence-electron chi connectivity index (χ0n) is 8.72. The molecular weight excluding hydrogens is 184 g/mol. The lowest BCUT2D eigenvalue weighted by Gasteiger charge is -2.08. The Morgan fingerprint density at radius 3 is 2.71 bits per heavy atom. The quantitative estimate of drug-likeness (QED) is 0.204. The van der Waals surface area contributed by atoms with E-state index in [1.165, 1.54) is 0 Å². The Morgan fingerprint density at radius 2 is 2.29 bits per heavy atom. The number of carboxylic acid groups (broad SMARTS) is 1. The van der Waals surface area contributed by atoms with Crippen molar-refractivity contribution in [2.75, 3.05) is 20.6 Å².